The van der Waals surface area contributed by atoms with Crippen LogP contribution in [-0.4, -0.2) is 61.3 Å². The van der Waals surface area contributed by atoms with Gasteiger partial charge in [-0.05, 0) is 45.1 Å². The summed E-state index contributed by atoms with van der Waals surface area (Å²) in [6, 6.07) is 0. The Hall–Kier alpha value is -1.27. The molecule has 3 fully saturated rings. The minimum atomic E-state index is -0.256. The summed E-state index contributed by atoms with van der Waals surface area (Å²) in [7, 11) is 2.16. The molecule has 0 bridgehead atoms. The van der Waals surface area contributed by atoms with E-state index < -0.39 is 0 Å². The molecule has 0 aromatic carbocycles. The van der Waals surface area contributed by atoms with Crippen LogP contribution >= 0.6 is 0 Å². The predicted octanol–water partition coefficient (Wildman–Crippen LogP) is 2.12. The van der Waals surface area contributed by atoms with E-state index in [4.69, 9.17) is 4.74 Å². The van der Waals surface area contributed by atoms with Gasteiger partial charge in [-0.15, -0.1) is 0 Å². The van der Waals surface area contributed by atoms with Gasteiger partial charge in [0.05, 0.1) is 25.1 Å². The van der Waals surface area contributed by atoms with Crippen molar-refractivity contribution < 1.29 is 9.13 Å². The van der Waals surface area contributed by atoms with E-state index in [2.05, 4.69) is 26.8 Å². The molecule has 1 spiro atoms. The third kappa shape index (κ3) is 3.26. The van der Waals surface area contributed by atoms with Gasteiger partial charge in [0.2, 0.25) is 5.95 Å². The smallest absolute Gasteiger partial charge is 0.225 e. The average Bonchev–Trinajstić information content (AvgIpc) is 2.99. The number of hydrogen-bond donors (Lipinski definition) is 0. The largest absolute Gasteiger partial charge is 0.379 e. The van der Waals surface area contributed by atoms with Crippen molar-refractivity contribution in [2.45, 2.75) is 32.1 Å². The molecular formula is C18H27FN4O. The molecule has 0 unspecified atom stereocenters. The molecule has 1 aromatic heterocycles. The zero-order valence-corrected chi connectivity index (χ0v) is 14.5. The van der Waals surface area contributed by atoms with Crippen LogP contribution in [0.3, 0.4) is 0 Å². The van der Waals surface area contributed by atoms with Gasteiger partial charge in [0.15, 0.2) is 5.82 Å². The molecule has 1 saturated carbocycles. The molecule has 24 heavy (non-hydrogen) atoms. The molecule has 1 aliphatic carbocycles. The lowest BCUT2D eigenvalue weighted by molar-refractivity contribution is -0.0281. The van der Waals surface area contributed by atoms with Crippen LogP contribution < -0.4 is 4.90 Å². The van der Waals surface area contributed by atoms with Gasteiger partial charge in [-0.25, -0.2) is 14.4 Å². The molecule has 4 rings (SSSR count). The van der Waals surface area contributed by atoms with E-state index in [1.807, 2.05) is 0 Å². The number of halogens is 1. The summed E-state index contributed by atoms with van der Waals surface area (Å²) >= 11 is 0. The number of aromatic nitrogens is 2. The normalized spacial score (nSPS) is 31.2. The molecule has 3 aliphatic rings. The summed E-state index contributed by atoms with van der Waals surface area (Å²) < 4.78 is 19.9. The van der Waals surface area contributed by atoms with Crippen LogP contribution in [0.2, 0.25) is 0 Å². The summed E-state index contributed by atoms with van der Waals surface area (Å²) in [5, 5.41) is 0. The third-order valence-electron chi connectivity index (χ3n) is 5.75. The quantitative estimate of drug-likeness (QED) is 0.847. The van der Waals surface area contributed by atoms with Crippen LogP contribution in [0.1, 0.15) is 31.4 Å². The summed E-state index contributed by atoms with van der Waals surface area (Å²) in [5.41, 5.74) is 0.867. The fourth-order valence-electron chi connectivity index (χ4n) is 4.64. The van der Waals surface area contributed by atoms with E-state index >= 15 is 0 Å². The molecule has 0 radical (unpaired) electrons. The fourth-order valence-corrected chi connectivity index (χ4v) is 4.64. The molecule has 132 valence electrons. The molecule has 5 nitrogen and oxygen atoms in total. The Morgan fingerprint density at radius 2 is 2.08 bits per heavy atom. The SMILES string of the molecule is CN1CCOCC2(CC(Cc3nc(N4CCCC4)ncc3F)C2)C1. The van der Waals surface area contributed by atoms with Crippen LogP contribution in [0.5, 0.6) is 0 Å². The van der Waals surface area contributed by atoms with Crippen LogP contribution in [0, 0.1) is 17.2 Å². The van der Waals surface area contributed by atoms with Gasteiger partial charge in [0.25, 0.3) is 0 Å². The maximum Gasteiger partial charge on any atom is 0.225 e. The Kier molecular flexibility index (Phi) is 4.43. The Morgan fingerprint density at radius 1 is 1.29 bits per heavy atom. The average molecular weight is 334 g/mol. The van der Waals surface area contributed by atoms with Crippen LogP contribution in [0.25, 0.3) is 0 Å². The fraction of sp³-hybridized carbons (Fsp3) is 0.778. The van der Waals surface area contributed by atoms with Crippen molar-refractivity contribution in [3.05, 3.63) is 17.7 Å². The van der Waals surface area contributed by atoms with Crippen molar-refractivity contribution in [1.29, 1.82) is 0 Å². The number of anilines is 1. The van der Waals surface area contributed by atoms with Crippen molar-refractivity contribution in [2.24, 2.45) is 11.3 Å². The summed E-state index contributed by atoms with van der Waals surface area (Å²) in [6.45, 7) is 5.74. The predicted molar refractivity (Wildman–Crippen MR) is 90.6 cm³/mol. The van der Waals surface area contributed by atoms with Crippen molar-refractivity contribution >= 4 is 5.95 Å². The van der Waals surface area contributed by atoms with Gasteiger partial charge in [-0.1, -0.05) is 0 Å². The molecule has 3 heterocycles. The number of ether oxygens (including phenoxy) is 1. The molecule has 2 aliphatic heterocycles. The lowest BCUT2D eigenvalue weighted by Gasteiger charge is -2.48. The van der Waals surface area contributed by atoms with E-state index in [0.29, 0.717) is 17.6 Å². The highest BCUT2D eigenvalue weighted by Crippen LogP contribution is 2.48. The van der Waals surface area contributed by atoms with Gasteiger partial charge in [-0.2, -0.15) is 0 Å². The summed E-state index contributed by atoms with van der Waals surface area (Å²) in [5.74, 6) is 0.958. The zero-order valence-electron chi connectivity index (χ0n) is 14.5. The first kappa shape index (κ1) is 16.2. The van der Waals surface area contributed by atoms with E-state index in [9.17, 15) is 4.39 Å². The minimum Gasteiger partial charge on any atom is -0.379 e. The Bertz CT molecular complexity index is 584. The maximum atomic E-state index is 14.2. The summed E-state index contributed by atoms with van der Waals surface area (Å²) in [4.78, 5) is 13.3. The molecule has 0 N–H and O–H groups in total. The molecule has 1 aromatic rings. The number of nitrogens with zero attached hydrogens (tertiary/aromatic N) is 4. The van der Waals surface area contributed by atoms with Crippen LogP contribution in [-0.2, 0) is 11.2 Å². The topological polar surface area (TPSA) is 41.5 Å². The first-order valence-electron chi connectivity index (χ1n) is 9.16. The van der Waals surface area contributed by atoms with E-state index in [1.165, 1.54) is 19.0 Å². The first-order chi connectivity index (χ1) is 11.6. The highest BCUT2D eigenvalue weighted by atomic mass is 19.1. The molecule has 0 atom stereocenters. The standard InChI is InChI=1S/C18H27FN4O/c1-22-6-7-24-13-18(12-22)9-14(10-18)8-16-15(19)11-20-17(21-16)23-4-2-3-5-23/h11,14H,2-10,12-13H2,1H3. The Morgan fingerprint density at radius 3 is 2.88 bits per heavy atom. The van der Waals surface area contributed by atoms with Crippen LogP contribution in [0.15, 0.2) is 6.20 Å². The van der Waals surface area contributed by atoms with E-state index in [1.54, 1.807) is 0 Å². The second kappa shape index (κ2) is 6.56. The van der Waals surface area contributed by atoms with Crippen LogP contribution in [0.4, 0.5) is 10.3 Å². The van der Waals surface area contributed by atoms with Gasteiger partial charge in [-0.3, -0.25) is 0 Å². The van der Waals surface area contributed by atoms with Gasteiger partial charge >= 0.3 is 0 Å². The maximum absolute atomic E-state index is 14.2. The molecule has 2 saturated heterocycles. The van der Waals surface area contributed by atoms with Crippen molar-refractivity contribution in [1.82, 2.24) is 14.9 Å². The second-order valence-corrected chi connectivity index (χ2v) is 7.93. The highest BCUT2D eigenvalue weighted by Gasteiger charge is 2.46. The van der Waals surface area contributed by atoms with Crippen molar-refractivity contribution in [3.63, 3.8) is 0 Å². The van der Waals surface area contributed by atoms with E-state index in [-0.39, 0.29) is 11.2 Å². The number of hydrogen-bond acceptors (Lipinski definition) is 5. The van der Waals surface area contributed by atoms with Gasteiger partial charge < -0.3 is 14.5 Å². The first-order valence-corrected chi connectivity index (χ1v) is 9.16. The zero-order chi connectivity index (χ0) is 16.6. The minimum absolute atomic E-state index is 0.256. The lowest BCUT2D eigenvalue weighted by atomic mass is 9.61. The van der Waals surface area contributed by atoms with Crippen molar-refractivity contribution in [2.75, 3.05) is 51.3 Å². The second-order valence-electron chi connectivity index (χ2n) is 7.93. The molecule has 0 amide bonds. The van der Waals surface area contributed by atoms with E-state index in [0.717, 1.165) is 58.7 Å². The third-order valence-corrected chi connectivity index (χ3v) is 5.75. The highest BCUT2D eigenvalue weighted by molar-refractivity contribution is 5.32. The van der Waals surface area contributed by atoms with Crippen molar-refractivity contribution in [3.8, 4) is 0 Å². The Labute approximate surface area is 143 Å². The monoisotopic (exact) mass is 334 g/mol. The number of likely N-dealkylation sites (N-methyl/N-ethyl adjacent to an activating group) is 1. The molecule has 6 heteroatoms. The molecular weight excluding hydrogens is 307 g/mol. The van der Waals surface area contributed by atoms with Gasteiger partial charge in [0.1, 0.15) is 0 Å². The van der Waals surface area contributed by atoms with Gasteiger partial charge in [0, 0.05) is 31.6 Å². The number of rotatable bonds is 3. The Balaban J connectivity index is 1.40. The lowest BCUT2D eigenvalue weighted by Crippen LogP contribution is -2.47. The summed E-state index contributed by atoms with van der Waals surface area (Å²) in [6.07, 6.45) is 6.65.